The number of anilines is 1. The van der Waals surface area contributed by atoms with E-state index in [0.717, 1.165) is 34.5 Å². The smallest absolute Gasteiger partial charge is 0.308 e. The van der Waals surface area contributed by atoms with E-state index in [1.54, 1.807) is 0 Å². The number of hydrogen-bond donors (Lipinski definition) is 3. The van der Waals surface area contributed by atoms with Gasteiger partial charge in [0.05, 0.1) is 25.7 Å². The number of rotatable bonds is 8. The van der Waals surface area contributed by atoms with E-state index >= 15 is 0 Å². The SMILES string of the molecule is COC(=O)CC(O)CC(O)CCc1c2c(cc(N)c1C(C)C)CC(C)(C)O2. The Balaban J connectivity index is 2.15. The van der Waals surface area contributed by atoms with Crippen molar-refractivity contribution < 1.29 is 24.5 Å². The minimum Gasteiger partial charge on any atom is -0.487 e. The van der Waals surface area contributed by atoms with Crippen molar-refractivity contribution in [2.45, 2.75) is 83.5 Å². The van der Waals surface area contributed by atoms with E-state index in [2.05, 4.69) is 32.4 Å². The van der Waals surface area contributed by atoms with E-state index in [1.165, 1.54) is 7.11 Å². The van der Waals surface area contributed by atoms with Crippen LogP contribution in [0.4, 0.5) is 5.69 Å². The van der Waals surface area contributed by atoms with Crippen molar-refractivity contribution in [3.05, 3.63) is 22.8 Å². The Morgan fingerprint density at radius 2 is 2.00 bits per heavy atom. The Morgan fingerprint density at radius 3 is 2.59 bits per heavy atom. The van der Waals surface area contributed by atoms with E-state index in [9.17, 15) is 15.0 Å². The monoisotopic (exact) mass is 379 g/mol. The molecule has 0 saturated heterocycles. The number of benzene rings is 1. The molecule has 1 aliphatic rings. The van der Waals surface area contributed by atoms with Crippen molar-refractivity contribution in [1.82, 2.24) is 0 Å². The first kappa shape index (κ1) is 21.5. The van der Waals surface area contributed by atoms with Crippen LogP contribution in [0.3, 0.4) is 0 Å². The normalized spacial score (nSPS) is 17.3. The molecule has 0 bridgehead atoms. The van der Waals surface area contributed by atoms with Crippen molar-refractivity contribution in [2.75, 3.05) is 12.8 Å². The highest BCUT2D eigenvalue weighted by Crippen LogP contribution is 2.44. The highest BCUT2D eigenvalue weighted by molar-refractivity contribution is 5.69. The summed E-state index contributed by atoms with van der Waals surface area (Å²) in [5.41, 5.74) is 10.0. The van der Waals surface area contributed by atoms with Gasteiger partial charge in [-0.05, 0) is 50.7 Å². The quantitative estimate of drug-likeness (QED) is 0.474. The first-order valence-corrected chi connectivity index (χ1v) is 9.60. The van der Waals surface area contributed by atoms with Crippen molar-refractivity contribution in [3.8, 4) is 5.75 Å². The average Bonchev–Trinajstić information content (AvgIpc) is 2.85. The molecule has 2 unspecified atom stereocenters. The van der Waals surface area contributed by atoms with Gasteiger partial charge in [-0.25, -0.2) is 0 Å². The van der Waals surface area contributed by atoms with Gasteiger partial charge >= 0.3 is 5.97 Å². The van der Waals surface area contributed by atoms with Crippen LogP contribution in [0.5, 0.6) is 5.75 Å². The van der Waals surface area contributed by atoms with Gasteiger partial charge in [0.15, 0.2) is 0 Å². The molecule has 1 aliphatic heterocycles. The van der Waals surface area contributed by atoms with Crippen LogP contribution in [-0.4, -0.2) is 41.1 Å². The summed E-state index contributed by atoms with van der Waals surface area (Å²) in [5, 5.41) is 20.3. The molecule has 6 heteroatoms. The number of aliphatic hydroxyl groups excluding tert-OH is 2. The zero-order valence-corrected chi connectivity index (χ0v) is 17.0. The number of nitrogen functional groups attached to an aromatic ring is 1. The van der Waals surface area contributed by atoms with Crippen molar-refractivity contribution >= 4 is 11.7 Å². The lowest BCUT2D eigenvalue weighted by molar-refractivity contribution is -0.143. The summed E-state index contributed by atoms with van der Waals surface area (Å²) in [6, 6.07) is 2.01. The second-order valence-corrected chi connectivity index (χ2v) is 8.40. The molecule has 0 aliphatic carbocycles. The van der Waals surface area contributed by atoms with Crippen LogP contribution < -0.4 is 10.5 Å². The van der Waals surface area contributed by atoms with Crippen molar-refractivity contribution in [2.24, 2.45) is 0 Å². The number of ether oxygens (including phenoxy) is 2. The summed E-state index contributed by atoms with van der Waals surface area (Å²) in [4.78, 5) is 11.2. The number of fused-ring (bicyclic) bond motifs is 1. The molecule has 1 aromatic carbocycles. The molecule has 2 rings (SSSR count). The van der Waals surface area contributed by atoms with Crippen LogP contribution in [0.2, 0.25) is 0 Å². The Kier molecular flexibility index (Phi) is 6.76. The second-order valence-electron chi connectivity index (χ2n) is 8.40. The molecule has 1 aromatic rings. The third kappa shape index (κ3) is 5.36. The molecule has 0 aromatic heterocycles. The molecular formula is C21H33NO5. The summed E-state index contributed by atoms with van der Waals surface area (Å²) in [5.74, 6) is 0.640. The van der Waals surface area contributed by atoms with Gasteiger partial charge in [-0.3, -0.25) is 4.79 Å². The van der Waals surface area contributed by atoms with Crippen molar-refractivity contribution in [3.63, 3.8) is 0 Å². The van der Waals surface area contributed by atoms with Gasteiger partial charge in [0.25, 0.3) is 0 Å². The van der Waals surface area contributed by atoms with E-state index < -0.39 is 18.2 Å². The maximum atomic E-state index is 11.2. The Bertz CT molecular complexity index is 684. The fourth-order valence-corrected chi connectivity index (χ4v) is 3.88. The molecule has 2 atom stereocenters. The van der Waals surface area contributed by atoms with Gasteiger partial charge in [0.1, 0.15) is 11.4 Å². The number of hydrogen-bond acceptors (Lipinski definition) is 6. The van der Waals surface area contributed by atoms with E-state index in [1.807, 2.05) is 6.07 Å². The van der Waals surface area contributed by atoms with E-state index in [4.69, 9.17) is 10.5 Å². The Labute approximate surface area is 161 Å². The highest BCUT2D eigenvalue weighted by atomic mass is 16.5. The largest absolute Gasteiger partial charge is 0.487 e. The zero-order chi connectivity index (χ0) is 20.4. The standard InChI is InChI=1S/C21H33NO5/c1-12(2)19-16(7-6-14(23)9-15(24)10-18(25)26-5)20-13(8-17(19)22)11-21(3,4)27-20/h8,12,14-15,23-24H,6-7,9-11,22H2,1-5H3. The summed E-state index contributed by atoms with van der Waals surface area (Å²) in [7, 11) is 1.28. The maximum Gasteiger partial charge on any atom is 0.308 e. The van der Waals surface area contributed by atoms with E-state index in [-0.39, 0.29) is 24.4 Å². The second kappa shape index (κ2) is 8.48. The van der Waals surface area contributed by atoms with Gasteiger partial charge in [-0.15, -0.1) is 0 Å². The van der Waals surface area contributed by atoms with Gasteiger partial charge < -0.3 is 25.4 Å². The number of nitrogens with two attached hydrogens (primary N) is 1. The molecule has 4 N–H and O–H groups in total. The third-order valence-electron chi connectivity index (χ3n) is 5.01. The first-order valence-electron chi connectivity index (χ1n) is 9.60. The van der Waals surface area contributed by atoms with Crippen LogP contribution >= 0.6 is 0 Å². The Hall–Kier alpha value is -1.79. The number of methoxy groups -OCH3 is 1. The summed E-state index contributed by atoms with van der Waals surface area (Å²) in [6.07, 6.45) is 0.229. The molecule has 1 heterocycles. The van der Waals surface area contributed by atoms with E-state index in [0.29, 0.717) is 12.8 Å². The summed E-state index contributed by atoms with van der Waals surface area (Å²) < 4.78 is 10.7. The molecule has 27 heavy (non-hydrogen) atoms. The third-order valence-corrected chi connectivity index (χ3v) is 5.01. The van der Waals surface area contributed by atoms with Crippen LogP contribution in [0.15, 0.2) is 6.07 Å². The van der Waals surface area contributed by atoms with Crippen LogP contribution in [-0.2, 0) is 22.4 Å². The van der Waals surface area contributed by atoms with Crippen LogP contribution in [0, 0.1) is 0 Å². The molecule has 0 fully saturated rings. The molecule has 152 valence electrons. The van der Waals surface area contributed by atoms with Gasteiger partial charge in [0.2, 0.25) is 0 Å². The Morgan fingerprint density at radius 1 is 1.33 bits per heavy atom. The lowest BCUT2D eigenvalue weighted by atomic mass is 9.88. The predicted octanol–water partition coefficient (Wildman–Crippen LogP) is 2.71. The number of carbonyl (C=O) groups is 1. The predicted molar refractivity (Wildman–Crippen MR) is 105 cm³/mol. The fraction of sp³-hybridized carbons (Fsp3) is 0.667. The summed E-state index contributed by atoms with van der Waals surface area (Å²) >= 11 is 0. The molecule has 6 nitrogen and oxygen atoms in total. The van der Waals surface area contributed by atoms with Gasteiger partial charge in [-0.2, -0.15) is 0 Å². The fourth-order valence-electron chi connectivity index (χ4n) is 3.88. The molecule has 0 saturated carbocycles. The molecule has 0 amide bonds. The first-order chi connectivity index (χ1) is 12.5. The minimum absolute atomic E-state index is 0.115. The molecule has 0 spiro atoms. The topological polar surface area (TPSA) is 102 Å². The zero-order valence-electron chi connectivity index (χ0n) is 17.0. The molecular weight excluding hydrogens is 346 g/mol. The van der Waals surface area contributed by atoms with Gasteiger partial charge in [-0.1, -0.05) is 13.8 Å². The lowest BCUT2D eigenvalue weighted by Crippen LogP contribution is -2.25. The number of carbonyl (C=O) groups excluding carboxylic acids is 1. The highest BCUT2D eigenvalue weighted by Gasteiger charge is 2.34. The number of aliphatic hydroxyl groups is 2. The minimum atomic E-state index is -0.918. The van der Waals surface area contributed by atoms with Crippen LogP contribution in [0.25, 0.3) is 0 Å². The average molecular weight is 379 g/mol. The van der Waals surface area contributed by atoms with Gasteiger partial charge in [0, 0.05) is 23.2 Å². The van der Waals surface area contributed by atoms with Crippen LogP contribution in [0.1, 0.15) is 69.6 Å². The summed E-state index contributed by atoms with van der Waals surface area (Å²) in [6.45, 7) is 8.30. The lowest BCUT2D eigenvalue weighted by Gasteiger charge is -2.22. The van der Waals surface area contributed by atoms with Crippen molar-refractivity contribution in [1.29, 1.82) is 0 Å². The molecule has 0 radical (unpaired) electrons. The number of esters is 1. The maximum absolute atomic E-state index is 11.2.